The Bertz CT molecular complexity index is 942. The number of aromatic nitrogens is 1. The van der Waals surface area contributed by atoms with Crippen LogP contribution in [-0.2, 0) is 0 Å². The van der Waals surface area contributed by atoms with E-state index in [0.717, 1.165) is 28.9 Å². The Kier molecular flexibility index (Phi) is 6.31. The van der Waals surface area contributed by atoms with Gasteiger partial charge in [0.1, 0.15) is 5.75 Å². The van der Waals surface area contributed by atoms with Crippen LogP contribution in [0.2, 0.25) is 5.02 Å². The maximum Gasteiger partial charge on any atom is 0.260 e. The highest BCUT2D eigenvalue weighted by atomic mass is 35.5. The first-order chi connectivity index (χ1) is 13.0. The lowest BCUT2D eigenvalue weighted by Gasteiger charge is -2.21. The Morgan fingerprint density at radius 1 is 1.19 bits per heavy atom. The molecule has 0 bridgehead atoms. The number of methoxy groups -OCH3 is 1. The molecule has 0 unspecified atom stereocenters. The van der Waals surface area contributed by atoms with Crippen molar-refractivity contribution in [2.24, 2.45) is 0 Å². The molecule has 1 heterocycles. The largest absolute Gasteiger partial charge is 0.497 e. The number of hydrogen-bond acceptors (Lipinski definition) is 5. The van der Waals surface area contributed by atoms with Crippen LogP contribution in [0.1, 0.15) is 16.8 Å². The van der Waals surface area contributed by atoms with Crippen molar-refractivity contribution in [2.45, 2.75) is 6.42 Å². The van der Waals surface area contributed by atoms with Crippen molar-refractivity contribution in [3.05, 3.63) is 53.1 Å². The molecule has 3 rings (SSSR count). The van der Waals surface area contributed by atoms with Crippen LogP contribution in [-0.4, -0.2) is 50.1 Å². The van der Waals surface area contributed by atoms with E-state index in [9.17, 15) is 4.79 Å². The molecule has 0 atom stereocenters. The molecule has 5 nitrogen and oxygen atoms in total. The topological polar surface area (TPSA) is 45.7 Å². The number of fused-ring (bicyclic) bond motifs is 1. The summed E-state index contributed by atoms with van der Waals surface area (Å²) in [7, 11) is 5.68. The fourth-order valence-corrected chi connectivity index (χ4v) is 3.95. The monoisotopic (exact) mass is 403 g/mol. The predicted molar refractivity (Wildman–Crippen MR) is 112 cm³/mol. The van der Waals surface area contributed by atoms with Crippen LogP contribution in [0.5, 0.6) is 5.75 Å². The number of nitrogens with zero attached hydrogens (tertiary/aromatic N) is 3. The fraction of sp³-hybridized carbons (Fsp3) is 0.300. The number of amides is 1. The zero-order valence-electron chi connectivity index (χ0n) is 15.6. The summed E-state index contributed by atoms with van der Waals surface area (Å²) in [5, 5.41) is 1.23. The molecule has 0 N–H and O–H groups in total. The minimum Gasteiger partial charge on any atom is -0.497 e. The number of rotatable bonds is 7. The molecule has 0 saturated heterocycles. The zero-order chi connectivity index (χ0) is 19.4. The first-order valence-electron chi connectivity index (χ1n) is 8.64. The van der Waals surface area contributed by atoms with Gasteiger partial charge in [0, 0.05) is 17.1 Å². The summed E-state index contributed by atoms with van der Waals surface area (Å²) >= 11 is 7.57. The van der Waals surface area contributed by atoms with Crippen LogP contribution < -0.4 is 9.64 Å². The van der Waals surface area contributed by atoms with E-state index in [-0.39, 0.29) is 5.91 Å². The second-order valence-corrected chi connectivity index (χ2v) is 7.90. The van der Waals surface area contributed by atoms with Crippen LogP contribution >= 0.6 is 22.9 Å². The second-order valence-electron chi connectivity index (χ2n) is 6.45. The summed E-state index contributed by atoms with van der Waals surface area (Å²) in [4.78, 5) is 21.7. The number of ether oxygens (including phenoxy) is 1. The highest BCUT2D eigenvalue weighted by Crippen LogP contribution is 2.32. The van der Waals surface area contributed by atoms with Gasteiger partial charge >= 0.3 is 0 Å². The van der Waals surface area contributed by atoms with Crippen molar-refractivity contribution in [2.75, 3.05) is 39.2 Å². The van der Waals surface area contributed by atoms with Gasteiger partial charge in [0.15, 0.2) is 5.13 Å². The van der Waals surface area contributed by atoms with E-state index >= 15 is 0 Å². The fourth-order valence-electron chi connectivity index (χ4n) is 2.74. The molecule has 142 valence electrons. The van der Waals surface area contributed by atoms with Gasteiger partial charge in [-0.3, -0.25) is 9.69 Å². The van der Waals surface area contributed by atoms with E-state index in [1.165, 1.54) is 11.3 Å². The molecule has 0 aliphatic carbocycles. The Labute approximate surface area is 168 Å². The molecular formula is C20H22ClN3O2S. The maximum atomic E-state index is 13.2. The van der Waals surface area contributed by atoms with Crippen molar-refractivity contribution in [3.8, 4) is 5.75 Å². The molecule has 0 fully saturated rings. The first-order valence-corrected chi connectivity index (χ1v) is 9.84. The summed E-state index contributed by atoms with van der Waals surface area (Å²) < 4.78 is 6.28. The number of thiazole rings is 1. The van der Waals surface area contributed by atoms with Crippen molar-refractivity contribution in [3.63, 3.8) is 0 Å². The van der Waals surface area contributed by atoms with Crippen LogP contribution in [0.3, 0.4) is 0 Å². The summed E-state index contributed by atoms with van der Waals surface area (Å²) in [5.41, 5.74) is 1.41. The van der Waals surface area contributed by atoms with Gasteiger partial charge in [-0.1, -0.05) is 29.0 Å². The smallest absolute Gasteiger partial charge is 0.260 e. The summed E-state index contributed by atoms with van der Waals surface area (Å²) in [5.74, 6) is 0.681. The Morgan fingerprint density at radius 3 is 2.70 bits per heavy atom. The van der Waals surface area contributed by atoms with Crippen LogP contribution in [0.15, 0.2) is 42.5 Å². The summed E-state index contributed by atoms with van der Waals surface area (Å²) in [6.45, 7) is 1.47. The highest BCUT2D eigenvalue weighted by molar-refractivity contribution is 7.22. The average molecular weight is 404 g/mol. The molecular weight excluding hydrogens is 382 g/mol. The lowest BCUT2D eigenvalue weighted by Crippen LogP contribution is -2.33. The van der Waals surface area contributed by atoms with E-state index in [1.807, 2.05) is 32.3 Å². The van der Waals surface area contributed by atoms with Gasteiger partial charge in [0.05, 0.1) is 17.3 Å². The van der Waals surface area contributed by atoms with Gasteiger partial charge in [-0.25, -0.2) is 4.98 Å². The molecule has 0 aliphatic heterocycles. The van der Waals surface area contributed by atoms with Crippen molar-refractivity contribution >= 4 is 44.2 Å². The Morgan fingerprint density at radius 2 is 2.00 bits per heavy atom. The number of carbonyl (C=O) groups is 1. The lowest BCUT2D eigenvalue weighted by molar-refractivity contribution is 0.0986. The van der Waals surface area contributed by atoms with E-state index < -0.39 is 0 Å². The quantitative estimate of drug-likeness (QED) is 0.580. The number of carbonyl (C=O) groups excluding carboxylic acids is 1. The van der Waals surface area contributed by atoms with Gasteiger partial charge in [-0.2, -0.15) is 0 Å². The summed E-state index contributed by atoms with van der Waals surface area (Å²) in [6.07, 6.45) is 0.846. The zero-order valence-corrected chi connectivity index (χ0v) is 17.2. The van der Waals surface area contributed by atoms with E-state index in [1.54, 1.807) is 36.3 Å². The molecule has 0 spiro atoms. The molecule has 0 radical (unpaired) electrons. The molecule has 1 aromatic heterocycles. The minimum atomic E-state index is -0.0951. The molecule has 3 aromatic rings. The number of hydrogen-bond donors (Lipinski definition) is 0. The van der Waals surface area contributed by atoms with Gasteiger partial charge in [0.2, 0.25) is 0 Å². The third-order valence-electron chi connectivity index (χ3n) is 4.12. The maximum absolute atomic E-state index is 13.2. The molecule has 7 heteroatoms. The van der Waals surface area contributed by atoms with Crippen molar-refractivity contribution in [1.29, 1.82) is 0 Å². The van der Waals surface area contributed by atoms with E-state index in [0.29, 0.717) is 22.3 Å². The molecule has 0 aliphatic rings. The van der Waals surface area contributed by atoms with Gasteiger partial charge in [-0.15, -0.1) is 0 Å². The van der Waals surface area contributed by atoms with Gasteiger partial charge in [-0.05, 0) is 63.5 Å². The van der Waals surface area contributed by atoms with Crippen LogP contribution in [0.25, 0.3) is 10.2 Å². The minimum absolute atomic E-state index is 0.0951. The third kappa shape index (κ3) is 4.77. The Hall–Kier alpha value is -2.15. The van der Waals surface area contributed by atoms with E-state index in [2.05, 4.69) is 9.88 Å². The highest BCUT2D eigenvalue weighted by Gasteiger charge is 2.21. The predicted octanol–water partition coefficient (Wildman–Crippen LogP) is 4.56. The van der Waals surface area contributed by atoms with Crippen LogP contribution in [0.4, 0.5) is 5.13 Å². The second kappa shape index (κ2) is 8.69. The normalized spacial score (nSPS) is 11.1. The van der Waals surface area contributed by atoms with Crippen LogP contribution in [0, 0.1) is 0 Å². The molecule has 1 amide bonds. The number of benzene rings is 2. The van der Waals surface area contributed by atoms with Gasteiger partial charge in [0.25, 0.3) is 5.91 Å². The molecule has 2 aromatic carbocycles. The number of halogens is 1. The van der Waals surface area contributed by atoms with Crippen molar-refractivity contribution in [1.82, 2.24) is 9.88 Å². The Balaban J connectivity index is 1.94. The standard InChI is InChI=1S/C20H22ClN3O2S/c1-23(2)10-5-11-24(19(25)14-6-4-7-15(21)12-14)20-22-17-9-8-16(26-3)13-18(17)27-20/h4,6-9,12-13H,5,10-11H2,1-3H3. The molecule has 0 saturated carbocycles. The first kappa shape index (κ1) is 19.6. The van der Waals surface area contributed by atoms with Crippen molar-refractivity contribution < 1.29 is 9.53 Å². The van der Waals surface area contributed by atoms with E-state index in [4.69, 9.17) is 16.3 Å². The number of anilines is 1. The molecule has 27 heavy (non-hydrogen) atoms. The lowest BCUT2D eigenvalue weighted by atomic mass is 10.2. The average Bonchev–Trinajstić information content (AvgIpc) is 3.07. The van der Waals surface area contributed by atoms with Gasteiger partial charge < -0.3 is 9.64 Å². The third-order valence-corrected chi connectivity index (χ3v) is 5.40. The summed E-state index contributed by atoms with van der Waals surface area (Å²) in [6, 6.07) is 12.8. The SMILES string of the molecule is COc1ccc2nc(N(CCCN(C)C)C(=O)c3cccc(Cl)c3)sc2c1.